The number of aliphatic imine (C=N–C) groups is 1. The zero-order chi connectivity index (χ0) is 18.2. The lowest BCUT2D eigenvalue weighted by Crippen LogP contribution is -2.60. The van der Waals surface area contributed by atoms with Gasteiger partial charge in [-0.05, 0) is 38.8 Å². The number of nitrogens with zero attached hydrogens (tertiary/aromatic N) is 3. The highest BCUT2D eigenvalue weighted by Gasteiger charge is 2.42. The van der Waals surface area contributed by atoms with Gasteiger partial charge in [-0.15, -0.1) is 0 Å². The van der Waals surface area contributed by atoms with Gasteiger partial charge in [0.05, 0.1) is 6.54 Å². The Morgan fingerprint density at radius 3 is 2.48 bits per heavy atom. The average Bonchev–Trinajstić information content (AvgIpc) is 2.61. The Hall–Kier alpha value is -1.76. The minimum absolute atomic E-state index is 0.343. The molecule has 2 aliphatic rings. The van der Waals surface area contributed by atoms with E-state index in [0.717, 1.165) is 37.4 Å². The van der Waals surface area contributed by atoms with E-state index >= 15 is 0 Å². The van der Waals surface area contributed by atoms with Gasteiger partial charge in [-0.3, -0.25) is 24.8 Å². The fraction of sp³-hybridized carbons (Fsp3) is 0.778. The Kier molecular flexibility index (Phi) is 7.55. The van der Waals surface area contributed by atoms with Gasteiger partial charge in [0.25, 0.3) is 0 Å². The van der Waals surface area contributed by atoms with Crippen LogP contribution in [0.3, 0.4) is 0 Å². The van der Waals surface area contributed by atoms with Crippen LogP contribution in [0.1, 0.15) is 52.4 Å². The smallest absolute Gasteiger partial charge is 0.301 e. The third-order valence-corrected chi connectivity index (χ3v) is 4.86. The van der Waals surface area contributed by atoms with Crippen molar-refractivity contribution in [2.75, 3.05) is 32.7 Å². The molecule has 25 heavy (non-hydrogen) atoms. The third-order valence-electron chi connectivity index (χ3n) is 4.86. The van der Waals surface area contributed by atoms with Crippen molar-refractivity contribution in [1.29, 1.82) is 0 Å². The van der Waals surface area contributed by atoms with Crippen molar-refractivity contribution in [2.45, 2.75) is 52.4 Å². The van der Waals surface area contributed by atoms with Gasteiger partial charge < -0.3 is 4.90 Å². The number of barbiturate groups is 1. The second kappa shape index (κ2) is 9.65. The number of imide groups is 2. The molecule has 2 heterocycles. The fourth-order valence-electron chi connectivity index (χ4n) is 3.36. The predicted molar refractivity (Wildman–Crippen MR) is 96.5 cm³/mol. The fourth-order valence-corrected chi connectivity index (χ4v) is 3.36. The molecule has 2 aliphatic heterocycles. The Morgan fingerprint density at radius 2 is 1.84 bits per heavy atom. The van der Waals surface area contributed by atoms with E-state index in [4.69, 9.17) is 0 Å². The topological polar surface area (TPSA) is 82.1 Å². The first kappa shape index (κ1) is 19.6. The van der Waals surface area contributed by atoms with E-state index in [9.17, 15) is 14.4 Å². The first-order valence-electron chi connectivity index (χ1n) is 9.50. The highest BCUT2D eigenvalue weighted by atomic mass is 16.2. The second-order valence-corrected chi connectivity index (χ2v) is 6.70. The largest absolute Gasteiger partial charge is 0.330 e. The standard InChI is InChI=1S/C18H30N4O3/c1-3-5-12-22-17(24)15(16(23)20-18(22)25)14(4-2)19-9-13-21-10-7-6-8-11-21/h15H,3-13H2,1-2H3,(H,20,23,25)/t15-/m1/s1. The zero-order valence-corrected chi connectivity index (χ0v) is 15.4. The van der Waals surface area contributed by atoms with Crippen molar-refractivity contribution in [3.8, 4) is 0 Å². The Balaban J connectivity index is 2.02. The molecule has 0 bridgehead atoms. The number of hydrogen-bond acceptors (Lipinski definition) is 5. The Bertz CT molecular complexity index is 526. The lowest BCUT2D eigenvalue weighted by atomic mass is 9.96. The molecule has 140 valence electrons. The normalized spacial score (nSPS) is 23.1. The maximum Gasteiger partial charge on any atom is 0.330 e. The lowest BCUT2D eigenvalue weighted by molar-refractivity contribution is -0.139. The molecule has 1 N–H and O–H groups in total. The first-order chi connectivity index (χ1) is 12.1. The van der Waals surface area contributed by atoms with Crippen molar-refractivity contribution in [1.82, 2.24) is 15.1 Å². The van der Waals surface area contributed by atoms with Gasteiger partial charge >= 0.3 is 6.03 Å². The van der Waals surface area contributed by atoms with Gasteiger partial charge in [0.1, 0.15) is 0 Å². The summed E-state index contributed by atoms with van der Waals surface area (Å²) in [4.78, 5) is 44.9. The SMILES string of the molecule is CCCCN1C(=O)NC(=O)[C@@H](C(CC)=NCCN2CCCCC2)C1=O. The molecule has 7 heteroatoms. The van der Waals surface area contributed by atoms with E-state index in [0.29, 0.717) is 25.2 Å². The first-order valence-corrected chi connectivity index (χ1v) is 9.50. The molecule has 0 aromatic carbocycles. The average molecular weight is 350 g/mol. The van der Waals surface area contributed by atoms with E-state index in [1.807, 2.05) is 13.8 Å². The molecule has 7 nitrogen and oxygen atoms in total. The minimum atomic E-state index is -0.957. The summed E-state index contributed by atoms with van der Waals surface area (Å²) >= 11 is 0. The van der Waals surface area contributed by atoms with E-state index in [1.54, 1.807) is 0 Å². The van der Waals surface area contributed by atoms with Crippen LogP contribution in [0.15, 0.2) is 4.99 Å². The summed E-state index contributed by atoms with van der Waals surface area (Å²) in [6.45, 7) is 7.86. The summed E-state index contributed by atoms with van der Waals surface area (Å²) in [7, 11) is 0. The number of amides is 4. The van der Waals surface area contributed by atoms with Crippen LogP contribution in [-0.2, 0) is 9.59 Å². The summed E-state index contributed by atoms with van der Waals surface area (Å²) in [5, 5.41) is 2.31. The Labute approximate surface area is 149 Å². The zero-order valence-electron chi connectivity index (χ0n) is 15.4. The second-order valence-electron chi connectivity index (χ2n) is 6.70. The lowest BCUT2D eigenvalue weighted by Gasteiger charge is -2.31. The van der Waals surface area contributed by atoms with Crippen molar-refractivity contribution >= 4 is 23.6 Å². The predicted octanol–water partition coefficient (Wildman–Crippen LogP) is 1.82. The summed E-state index contributed by atoms with van der Waals surface area (Å²) in [6, 6.07) is -0.608. The molecular formula is C18H30N4O3. The minimum Gasteiger partial charge on any atom is -0.301 e. The molecule has 0 aromatic heterocycles. The molecule has 0 aliphatic carbocycles. The summed E-state index contributed by atoms with van der Waals surface area (Å²) in [5.74, 6) is -1.93. The molecule has 0 radical (unpaired) electrons. The van der Waals surface area contributed by atoms with Crippen LogP contribution >= 0.6 is 0 Å². The summed E-state index contributed by atoms with van der Waals surface area (Å²) in [5.41, 5.74) is 0.577. The highest BCUT2D eigenvalue weighted by molar-refractivity contribution is 6.27. The van der Waals surface area contributed by atoms with Crippen molar-refractivity contribution in [3.05, 3.63) is 0 Å². The number of piperidine rings is 1. The number of unbranched alkanes of at least 4 members (excludes halogenated alkanes) is 1. The number of urea groups is 1. The highest BCUT2D eigenvalue weighted by Crippen LogP contribution is 2.16. The molecule has 4 amide bonds. The third kappa shape index (κ3) is 5.11. The van der Waals surface area contributed by atoms with E-state index < -0.39 is 23.8 Å². The monoisotopic (exact) mass is 350 g/mol. The van der Waals surface area contributed by atoms with Crippen LogP contribution in [0.4, 0.5) is 4.79 Å². The van der Waals surface area contributed by atoms with Crippen LogP contribution in [0, 0.1) is 5.92 Å². The van der Waals surface area contributed by atoms with Gasteiger partial charge in [0, 0.05) is 18.8 Å². The summed E-state index contributed by atoms with van der Waals surface area (Å²) in [6.07, 6.45) is 5.87. The number of rotatable bonds is 8. The summed E-state index contributed by atoms with van der Waals surface area (Å²) < 4.78 is 0. The number of nitrogens with one attached hydrogen (secondary N) is 1. The molecule has 0 aromatic rings. The maximum atomic E-state index is 12.7. The van der Waals surface area contributed by atoms with E-state index in [1.165, 1.54) is 19.3 Å². The molecule has 0 unspecified atom stereocenters. The number of likely N-dealkylation sites (tertiary alicyclic amines) is 1. The molecule has 0 spiro atoms. The van der Waals surface area contributed by atoms with E-state index in [-0.39, 0.29) is 0 Å². The van der Waals surface area contributed by atoms with Gasteiger partial charge in [-0.25, -0.2) is 4.79 Å². The molecule has 0 saturated carbocycles. The van der Waals surface area contributed by atoms with Gasteiger partial charge in [-0.1, -0.05) is 26.7 Å². The molecule has 2 saturated heterocycles. The Morgan fingerprint density at radius 1 is 1.12 bits per heavy atom. The van der Waals surface area contributed by atoms with Gasteiger partial charge in [0.15, 0.2) is 5.92 Å². The van der Waals surface area contributed by atoms with E-state index in [2.05, 4.69) is 15.2 Å². The van der Waals surface area contributed by atoms with Crippen molar-refractivity contribution in [2.24, 2.45) is 10.9 Å². The molecule has 2 rings (SSSR count). The van der Waals surface area contributed by atoms with Crippen molar-refractivity contribution in [3.63, 3.8) is 0 Å². The number of carbonyl (C=O) groups is 3. The van der Waals surface area contributed by atoms with Crippen LogP contribution in [-0.4, -0.2) is 66.1 Å². The molecule has 1 atom stereocenters. The van der Waals surface area contributed by atoms with Crippen LogP contribution < -0.4 is 5.32 Å². The number of carbonyl (C=O) groups excluding carboxylic acids is 3. The quantitative estimate of drug-likeness (QED) is 0.535. The molecule has 2 fully saturated rings. The maximum absolute atomic E-state index is 12.7. The number of hydrogen-bond donors (Lipinski definition) is 1. The van der Waals surface area contributed by atoms with Crippen molar-refractivity contribution < 1.29 is 14.4 Å². The van der Waals surface area contributed by atoms with Crippen LogP contribution in [0.2, 0.25) is 0 Å². The van der Waals surface area contributed by atoms with Crippen LogP contribution in [0.5, 0.6) is 0 Å². The molecular weight excluding hydrogens is 320 g/mol. The van der Waals surface area contributed by atoms with Gasteiger partial charge in [0.2, 0.25) is 11.8 Å². The van der Waals surface area contributed by atoms with Crippen LogP contribution in [0.25, 0.3) is 0 Å². The van der Waals surface area contributed by atoms with Gasteiger partial charge in [-0.2, -0.15) is 0 Å².